The number of thiophene rings is 1. The lowest BCUT2D eigenvalue weighted by atomic mass is 9.89. The number of fused-ring (bicyclic) bond motifs is 9. The summed E-state index contributed by atoms with van der Waals surface area (Å²) < 4.78 is 5.15. The first-order valence-electron chi connectivity index (χ1n) is 20.7. The van der Waals surface area contributed by atoms with Gasteiger partial charge in [-0.05, 0) is 98.8 Å². The number of para-hydroxylation sites is 1. The number of benzene rings is 9. The van der Waals surface area contributed by atoms with E-state index in [0.29, 0.717) is 5.92 Å². The Bertz CT molecular complexity index is 3370. The van der Waals surface area contributed by atoms with Crippen molar-refractivity contribution in [2.45, 2.75) is 18.8 Å². The standard InChI is InChI=1S/C57H39NS/c1-3-14-37(15-4-1)26-32-45-44-18-7-8-21-49(44)56-43(22-13-23-50(45)56)41-31-33-47-46-19-9-11-24-53(46)58(54(47)34-41)42-35-51(57-52(36-42)48-20-10-12-25-55(48)59-57)40-29-27-39(28-30-40)38-16-5-2-6-17-38/h1-25,27-31,33-36,45H,26,32H2. The van der Waals surface area contributed by atoms with Gasteiger partial charge in [0.05, 0.1) is 11.0 Å². The van der Waals surface area contributed by atoms with Crippen LogP contribution in [-0.2, 0) is 6.42 Å². The van der Waals surface area contributed by atoms with E-state index in [1.807, 2.05) is 11.3 Å². The Balaban J connectivity index is 1.05. The first kappa shape index (κ1) is 34.1. The minimum atomic E-state index is 0.365. The van der Waals surface area contributed by atoms with Crippen LogP contribution in [0.5, 0.6) is 0 Å². The molecular weight excluding hydrogens is 731 g/mol. The molecule has 12 rings (SSSR count). The number of hydrogen-bond donors (Lipinski definition) is 0. The van der Waals surface area contributed by atoms with Gasteiger partial charge in [-0.1, -0.05) is 176 Å². The third kappa shape index (κ3) is 5.59. The van der Waals surface area contributed by atoms with Gasteiger partial charge in [0.25, 0.3) is 0 Å². The van der Waals surface area contributed by atoms with Crippen LogP contribution in [0.2, 0.25) is 0 Å². The molecule has 0 bridgehead atoms. The van der Waals surface area contributed by atoms with Crippen molar-refractivity contribution in [3.63, 3.8) is 0 Å². The quantitative estimate of drug-likeness (QED) is 0.152. The summed E-state index contributed by atoms with van der Waals surface area (Å²) in [5, 5.41) is 5.13. The maximum absolute atomic E-state index is 2.52. The molecule has 0 amide bonds. The van der Waals surface area contributed by atoms with E-state index >= 15 is 0 Å². The van der Waals surface area contributed by atoms with Crippen LogP contribution in [0, 0.1) is 0 Å². The zero-order valence-electron chi connectivity index (χ0n) is 32.5. The van der Waals surface area contributed by atoms with Gasteiger partial charge in [0, 0.05) is 48.1 Å². The van der Waals surface area contributed by atoms with Crippen LogP contribution in [-0.4, -0.2) is 4.57 Å². The molecule has 0 spiro atoms. The summed E-state index contributed by atoms with van der Waals surface area (Å²) in [5.74, 6) is 0.365. The molecule has 1 nitrogen and oxygen atoms in total. The zero-order chi connectivity index (χ0) is 38.9. The number of hydrogen-bond acceptors (Lipinski definition) is 1. The maximum Gasteiger partial charge on any atom is 0.0547 e. The highest BCUT2D eigenvalue weighted by atomic mass is 32.1. The van der Waals surface area contributed by atoms with E-state index in [9.17, 15) is 0 Å². The first-order valence-corrected chi connectivity index (χ1v) is 21.5. The third-order valence-electron chi connectivity index (χ3n) is 12.7. The molecule has 59 heavy (non-hydrogen) atoms. The fraction of sp³-hybridized carbons (Fsp3) is 0.0526. The zero-order valence-corrected chi connectivity index (χ0v) is 33.3. The molecule has 0 saturated carbocycles. The van der Waals surface area contributed by atoms with Crippen molar-refractivity contribution in [2.24, 2.45) is 0 Å². The number of aryl methyl sites for hydroxylation is 1. The largest absolute Gasteiger partial charge is 0.309 e. The second-order valence-corrected chi connectivity index (χ2v) is 17.0. The van der Waals surface area contributed by atoms with Crippen LogP contribution in [0.1, 0.15) is 29.0 Å². The summed E-state index contributed by atoms with van der Waals surface area (Å²) >= 11 is 1.90. The van der Waals surface area contributed by atoms with Crippen LogP contribution in [0.15, 0.2) is 206 Å². The summed E-state index contributed by atoms with van der Waals surface area (Å²) in [4.78, 5) is 0. The number of aromatic nitrogens is 1. The summed E-state index contributed by atoms with van der Waals surface area (Å²) in [6.45, 7) is 0. The van der Waals surface area contributed by atoms with Crippen LogP contribution in [0.3, 0.4) is 0 Å². The molecule has 0 radical (unpaired) electrons. The van der Waals surface area contributed by atoms with Gasteiger partial charge in [0.15, 0.2) is 0 Å². The Morgan fingerprint density at radius 1 is 0.407 bits per heavy atom. The fourth-order valence-corrected chi connectivity index (χ4v) is 11.1. The lowest BCUT2D eigenvalue weighted by Crippen LogP contribution is -1.99. The Morgan fingerprint density at radius 2 is 1.05 bits per heavy atom. The third-order valence-corrected chi connectivity index (χ3v) is 13.9. The molecule has 1 aliphatic rings. The van der Waals surface area contributed by atoms with Gasteiger partial charge in [-0.2, -0.15) is 0 Å². The van der Waals surface area contributed by atoms with E-state index in [4.69, 9.17) is 0 Å². The van der Waals surface area contributed by atoms with Gasteiger partial charge in [0.1, 0.15) is 0 Å². The van der Waals surface area contributed by atoms with E-state index < -0.39 is 0 Å². The second-order valence-electron chi connectivity index (χ2n) is 15.9. The molecule has 0 fully saturated rings. The molecule has 0 aliphatic heterocycles. The predicted molar refractivity (Wildman–Crippen MR) is 252 cm³/mol. The van der Waals surface area contributed by atoms with Crippen molar-refractivity contribution in [3.8, 4) is 50.2 Å². The minimum Gasteiger partial charge on any atom is -0.309 e. The summed E-state index contributed by atoms with van der Waals surface area (Å²) in [6, 6.07) is 76.7. The summed E-state index contributed by atoms with van der Waals surface area (Å²) in [7, 11) is 0. The van der Waals surface area contributed by atoms with E-state index in [-0.39, 0.29) is 0 Å². The first-order chi connectivity index (χ1) is 29.3. The Kier molecular flexibility index (Phi) is 7.99. The number of nitrogens with zero attached hydrogens (tertiary/aromatic N) is 1. The highest BCUT2D eigenvalue weighted by Gasteiger charge is 2.30. The lowest BCUT2D eigenvalue weighted by Gasteiger charge is -2.15. The molecule has 11 aromatic rings. The monoisotopic (exact) mass is 769 g/mol. The second kappa shape index (κ2) is 13.8. The van der Waals surface area contributed by atoms with Gasteiger partial charge in [-0.25, -0.2) is 0 Å². The molecule has 2 heterocycles. The highest BCUT2D eigenvalue weighted by Crippen LogP contribution is 2.51. The average molecular weight is 770 g/mol. The lowest BCUT2D eigenvalue weighted by molar-refractivity contribution is 0.729. The van der Waals surface area contributed by atoms with E-state index in [1.54, 1.807) is 0 Å². The van der Waals surface area contributed by atoms with Gasteiger partial charge < -0.3 is 4.57 Å². The molecule has 1 aliphatic carbocycles. The van der Waals surface area contributed by atoms with Gasteiger partial charge >= 0.3 is 0 Å². The normalized spacial score (nSPS) is 13.4. The van der Waals surface area contributed by atoms with Crippen molar-refractivity contribution in [1.82, 2.24) is 4.57 Å². The molecule has 1 atom stereocenters. The minimum absolute atomic E-state index is 0.365. The predicted octanol–water partition coefficient (Wildman–Crippen LogP) is 15.9. The van der Waals surface area contributed by atoms with Crippen molar-refractivity contribution in [3.05, 3.63) is 223 Å². The molecule has 278 valence electrons. The van der Waals surface area contributed by atoms with Crippen LogP contribution < -0.4 is 0 Å². The smallest absolute Gasteiger partial charge is 0.0547 e. The van der Waals surface area contributed by atoms with E-state index in [2.05, 4.69) is 211 Å². The van der Waals surface area contributed by atoms with Crippen LogP contribution >= 0.6 is 11.3 Å². The van der Waals surface area contributed by atoms with Crippen LogP contribution in [0.4, 0.5) is 0 Å². The fourth-order valence-electron chi connectivity index (χ4n) is 9.91. The summed E-state index contributed by atoms with van der Waals surface area (Å²) in [6.07, 6.45) is 2.14. The van der Waals surface area contributed by atoms with Crippen molar-refractivity contribution in [1.29, 1.82) is 0 Å². The maximum atomic E-state index is 2.52. The molecule has 2 aromatic heterocycles. The molecular formula is C57H39NS. The molecule has 0 N–H and O–H groups in total. The molecule has 0 saturated heterocycles. The topological polar surface area (TPSA) is 4.93 Å². The Hall–Kier alpha value is -7.00. The van der Waals surface area contributed by atoms with Gasteiger partial charge in [-0.15, -0.1) is 11.3 Å². The van der Waals surface area contributed by atoms with Crippen molar-refractivity contribution in [2.75, 3.05) is 0 Å². The Labute approximate surface area is 348 Å². The van der Waals surface area contributed by atoms with E-state index in [1.165, 1.54) is 109 Å². The van der Waals surface area contributed by atoms with Crippen molar-refractivity contribution < 1.29 is 0 Å². The molecule has 9 aromatic carbocycles. The highest BCUT2D eigenvalue weighted by molar-refractivity contribution is 7.26. The Morgan fingerprint density at radius 3 is 1.92 bits per heavy atom. The van der Waals surface area contributed by atoms with Crippen molar-refractivity contribution >= 4 is 53.3 Å². The number of rotatable bonds is 7. The van der Waals surface area contributed by atoms with E-state index in [0.717, 1.165) is 12.8 Å². The van der Waals surface area contributed by atoms with Gasteiger partial charge in [0.2, 0.25) is 0 Å². The summed E-state index contributed by atoms with van der Waals surface area (Å²) in [5.41, 5.74) is 18.1. The molecule has 2 heteroatoms. The SMILES string of the molecule is c1ccc(CCC2c3ccccc3-c3c(-c4ccc5c6ccccc6n(-c6cc(-c7ccc(-c8ccccc8)cc7)c7sc8ccccc8c7c6)c5c4)cccc32)cc1. The average Bonchev–Trinajstić information content (AvgIpc) is 3.96. The van der Waals surface area contributed by atoms with Crippen LogP contribution in [0.25, 0.3) is 92.2 Å². The van der Waals surface area contributed by atoms with Gasteiger partial charge in [-0.3, -0.25) is 0 Å². The molecule has 1 unspecified atom stereocenters.